The first kappa shape index (κ1) is 25.2. The van der Waals surface area contributed by atoms with E-state index in [1.807, 2.05) is 30.3 Å². The highest BCUT2D eigenvalue weighted by atomic mass is 127. The Hall–Kier alpha value is -2.45. The van der Waals surface area contributed by atoms with E-state index in [1.165, 1.54) is 17.0 Å². The maximum atomic E-state index is 12.0. The van der Waals surface area contributed by atoms with Gasteiger partial charge in [-0.3, -0.25) is 4.79 Å². The molecule has 0 saturated heterocycles. The monoisotopic (exact) mass is 573 g/mol. The van der Waals surface area contributed by atoms with Crippen LogP contribution in [0.15, 0.2) is 60.7 Å². The van der Waals surface area contributed by atoms with E-state index in [2.05, 4.69) is 64.8 Å². The lowest BCUT2D eigenvalue weighted by molar-refractivity contribution is 0.0498. The van der Waals surface area contributed by atoms with E-state index >= 15 is 0 Å². The fourth-order valence-electron chi connectivity index (χ4n) is 3.38. The number of thiophene rings is 1. The van der Waals surface area contributed by atoms with Crippen LogP contribution in [0.5, 0.6) is 0 Å². The number of aldehydes is 1. The minimum Gasteiger partial charge on any atom is -0.462 e. The van der Waals surface area contributed by atoms with Gasteiger partial charge in [-0.15, -0.1) is 11.3 Å². The van der Waals surface area contributed by atoms with Gasteiger partial charge < -0.3 is 9.64 Å². The minimum absolute atomic E-state index is 0.251. The lowest BCUT2D eigenvalue weighted by Crippen LogP contribution is -2.23. The first-order valence-corrected chi connectivity index (χ1v) is 13.0. The molecule has 0 amide bonds. The van der Waals surface area contributed by atoms with Crippen LogP contribution < -0.4 is 4.90 Å². The molecule has 1 heterocycles. The Balaban J connectivity index is 1.39. The second-order valence-corrected chi connectivity index (χ2v) is 9.96. The summed E-state index contributed by atoms with van der Waals surface area (Å²) in [6, 6.07) is 19.8. The first-order chi connectivity index (χ1) is 16.1. The third-order valence-corrected chi connectivity index (χ3v) is 6.92. The van der Waals surface area contributed by atoms with Crippen molar-refractivity contribution >= 4 is 64.0 Å². The number of esters is 1. The molecule has 3 rings (SSSR count). The van der Waals surface area contributed by atoms with Crippen LogP contribution in [0.4, 0.5) is 5.69 Å². The van der Waals surface area contributed by atoms with Gasteiger partial charge in [0, 0.05) is 27.2 Å². The third kappa shape index (κ3) is 8.12. The quantitative estimate of drug-likeness (QED) is 0.0996. The second-order valence-electron chi connectivity index (χ2n) is 7.57. The Morgan fingerprint density at radius 2 is 1.67 bits per heavy atom. The van der Waals surface area contributed by atoms with Crippen LogP contribution in [0.3, 0.4) is 0 Å². The summed E-state index contributed by atoms with van der Waals surface area (Å²) in [5.74, 6) is -0.251. The number of halogens is 1. The van der Waals surface area contributed by atoms with Crippen molar-refractivity contribution in [2.45, 2.75) is 26.2 Å². The van der Waals surface area contributed by atoms with Gasteiger partial charge in [-0.05, 0) is 109 Å². The van der Waals surface area contributed by atoms with Crippen molar-refractivity contribution in [3.63, 3.8) is 0 Å². The van der Waals surface area contributed by atoms with Gasteiger partial charge in [-0.1, -0.05) is 18.2 Å². The van der Waals surface area contributed by atoms with Crippen molar-refractivity contribution in [2.75, 3.05) is 24.6 Å². The summed E-state index contributed by atoms with van der Waals surface area (Å²) in [6.45, 7) is 4.54. The molecule has 2 aromatic carbocycles. The number of benzene rings is 2. The summed E-state index contributed by atoms with van der Waals surface area (Å²) >= 11 is 3.71. The minimum atomic E-state index is -0.251. The van der Waals surface area contributed by atoms with E-state index < -0.39 is 0 Å². The molecule has 0 atom stereocenters. The maximum Gasteiger partial charge on any atom is 0.338 e. The van der Waals surface area contributed by atoms with Gasteiger partial charge in [0.15, 0.2) is 6.29 Å². The molecule has 0 aliphatic carbocycles. The first-order valence-electron chi connectivity index (χ1n) is 11.1. The number of unbranched alkanes of at least 4 members (excludes halogenated alkanes) is 2. The molecule has 0 spiro atoms. The van der Waals surface area contributed by atoms with E-state index in [0.717, 1.165) is 57.5 Å². The molecule has 0 aliphatic rings. The molecule has 172 valence electrons. The normalized spacial score (nSPS) is 11.0. The summed E-state index contributed by atoms with van der Waals surface area (Å²) in [5.41, 5.74) is 2.94. The van der Waals surface area contributed by atoms with Crippen molar-refractivity contribution in [3.8, 4) is 0 Å². The fourth-order valence-corrected chi connectivity index (χ4v) is 4.47. The standard InChI is InChI=1S/C27H28INO3S/c1-2-29(18-4-3-5-19-32-27(31)22-9-11-23(28)12-10-22)24-13-6-21(7-14-24)8-15-25-16-17-26(20-30)33-25/h6-17,20H,2-5,18-19H2,1H3. The molecule has 1 aromatic heterocycles. The lowest BCUT2D eigenvalue weighted by Gasteiger charge is -2.23. The SMILES string of the molecule is CCN(CCCCCOC(=O)c1ccc(I)cc1)c1ccc(C=Cc2ccc(C=O)s2)cc1. The average molecular weight is 573 g/mol. The van der Waals surface area contributed by atoms with Crippen molar-refractivity contribution < 1.29 is 14.3 Å². The van der Waals surface area contributed by atoms with E-state index in [4.69, 9.17) is 4.74 Å². The average Bonchev–Trinajstić information content (AvgIpc) is 3.31. The predicted molar refractivity (Wildman–Crippen MR) is 146 cm³/mol. The lowest BCUT2D eigenvalue weighted by atomic mass is 10.1. The number of hydrogen-bond donors (Lipinski definition) is 0. The smallest absolute Gasteiger partial charge is 0.338 e. The Morgan fingerprint density at radius 3 is 2.33 bits per heavy atom. The molecule has 0 saturated carbocycles. The molecule has 0 aliphatic heterocycles. The summed E-state index contributed by atoms with van der Waals surface area (Å²) < 4.78 is 6.48. The van der Waals surface area contributed by atoms with E-state index in [9.17, 15) is 9.59 Å². The Bertz CT molecular complexity index is 1060. The molecule has 0 unspecified atom stereocenters. The van der Waals surface area contributed by atoms with E-state index in [0.29, 0.717) is 12.2 Å². The number of nitrogens with zero attached hydrogens (tertiary/aromatic N) is 1. The fraction of sp³-hybridized carbons (Fsp3) is 0.259. The number of rotatable bonds is 12. The van der Waals surface area contributed by atoms with Crippen LogP contribution >= 0.6 is 33.9 Å². The van der Waals surface area contributed by atoms with E-state index in [1.54, 1.807) is 12.1 Å². The molecule has 33 heavy (non-hydrogen) atoms. The number of carbonyl (C=O) groups excluding carboxylic acids is 2. The van der Waals surface area contributed by atoms with Crippen LogP contribution in [0.1, 0.15) is 56.7 Å². The van der Waals surface area contributed by atoms with Gasteiger partial charge in [-0.25, -0.2) is 4.79 Å². The van der Waals surface area contributed by atoms with Gasteiger partial charge in [0.2, 0.25) is 0 Å². The Kier molecular flexibility index (Phi) is 10.2. The number of carbonyl (C=O) groups is 2. The highest BCUT2D eigenvalue weighted by Gasteiger charge is 2.07. The van der Waals surface area contributed by atoms with Gasteiger partial charge in [-0.2, -0.15) is 0 Å². The number of anilines is 1. The van der Waals surface area contributed by atoms with Crippen LogP contribution in [-0.2, 0) is 4.74 Å². The third-order valence-electron chi connectivity index (χ3n) is 5.23. The van der Waals surface area contributed by atoms with Crippen LogP contribution in [0.2, 0.25) is 0 Å². The molecule has 0 bridgehead atoms. The van der Waals surface area contributed by atoms with Gasteiger partial charge in [0.25, 0.3) is 0 Å². The topological polar surface area (TPSA) is 46.6 Å². The Labute approximate surface area is 213 Å². The number of ether oxygens (including phenoxy) is 1. The zero-order chi connectivity index (χ0) is 23.5. The van der Waals surface area contributed by atoms with Crippen LogP contribution in [-0.4, -0.2) is 32.0 Å². The van der Waals surface area contributed by atoms with Gasteiger partial charge in [0.05, 0.1) is 17.0 Å². The number of hydrogen-bond acceptors (Lipinski definition) is 5. The highest BCUT2D eigenvalue weighted by molar-refractivity contribution is 14.1. The van der Waals surface area contributed by atoms with Crippen molar-refractivity contribution in [3.05, 3.63) is 85.1 Å². The molecule has 0 radical (unpaired) electrons. The molecule has 3 aromatic rings. The molecule has 6 heteroatoms. The van der Waals surface area contributed by atoms with Crippen LogP contribution in [0, 0.1) is 3.57 Å². The van der Waals surface area contributed by atoms with Gasteiger partial charge >= 0.3 is 5.97 Å². The van der Waals surface area contributed by atoms with Crippen molar-refractivity contribution in [1.82, 2.24) is 0 Å². The molecular formula is C27H28INO3S. The highest BCUT2D eigenvalue weighted by Crippen LogP contribution is 2.20. The Morgan fingerprint density at radius 1 is 0.939 bits per heavy atom. The molecule has 0 fully saturated rings. The van der Waals surface area contributed by atoms with Crippen molar-refractivity contribution in [2.24, 2.45) is 0 Å². The van der Waals surface area contributed by atoms with Gasteiger partial charge in [0.1, 0.15) is 0 Å². The summed E-state index contributed by atoms with van der Waals surface area (Å²) in [7, 11) is 0. The predicted octanol–water partition coefficient (Wildman–Crippen LogP) is 7.19. The largest absolute Gasteiger partial charge is 0.462 e. The zero-order valence-corrected chi connectivity index (χ0v) is 21.7. The summed E-state index contributed by atoms with van der Waals surface area (Å²) in [6.07, 6.45) is 7.92. The molecule has 4 nitrogen and oxygen atoms in total. The zero-order valence-electron chi connectivity index (χ0n) is 18.7. The van der Waals surface area contributed by atoms with Crippen LogP contribution in [0.25, 0.3) is 12.2 Å². The molecule has 0 N–H and O–H groups in total. The summed E-state index contributed by atoms with van der Waals surface area (Å²) in [5, 5.41) is 0. The second kappa shape index (κ2) is 13.3. The summed E-state index contributed by atoms with van der Waals surface area (Å²) in [4.78, 5) is 27.0. The molecular weight excluding hydrogens is 545 g/mol. The maximum absolute atomic E-state index is 12.0. The van der Waals surface area contributed by atoms with E-state index in [-0.39, 0.29) is 5.97 Å². The van der Waals surface area contributed by atoms with Crippen molar-refractivity contribution in [1.29, 1.82) is 0 Å².